The molecule has 0 aliphatic heterocycles. The summed E-state index contributed by atoms with van der Waals surface area (Å²) < 4.78 is 5.24. The maximum absolute atomic E-state index is 5.24. The summed E-state index contributed by atoms with van der Waals surface area (Å²) in [6.45, 7) is 1.98. The zero-order valence-electron chi connectivity index (χ0n) is 9.92. The smallest absolute Gasteiger partial charge is 0.137 e. The second-order valence-electron chi connectivity index (χ2n) is 5.01. The van der Waals surface area contributed by atoms with Crippen LogP contribution in [0.25, 0.3) is 0 Å². The highest BCUT2D eigenvalue weighted by Crippen LogP contribution is 2.32. The number of rotatable bonds is 4. The summed E-state index contributed by atoms with van der Waals surface area (Å²) in [6.07, 6.45) is 7.90. The van der Waals surface area contributed by atoms with Gasteiger partial charge in [-0.15, -0.1) is 0 Å². The molecule has 1 fully saturated rings. The third kappa shape index (κ3) is 3.34. The Morgan fingerprint density at radius 2 is 2.00 bits per heavy atom. The van der Waals surface area contributed by atoms with Crippen molar-refractivity contribution in [3.05, 3.63) is 17.5 Å². The van der Waals surface area contributed by atoms with E-state index in [-0.39, 0.29) is 0 Å². The number of nitrogens with zero attached hydrogens (tertiary/aromatic N) is 1. The van der Waals surface area contributed by atoms with E-state index < -0.39 is 0 Å². The van der Waals surface area contributed by atoms with E-state index in [2.05, 4.69) is 27.2 Å². The molecule has 2 rings (SSSR count). The number of aryl methyl sites for hydroxylation is 2. The molecule has 0 N–H and O–H groups in total. The van der Waals surface area contributed by atoms with Crippen molar-refractivity contribution in [1.82, 2.24) is 5.16 Å². The van der Waals surface area contributed by atoms with Crippen LogP contribution in [0.4, 0.5) is 0 Å². The second kappa shape index (κ2) is 5.85. The minimum atomic E-state index is 0.903. The highest BCUT2D eigenvalue weighted by atomic mass is 79.9. The van der Waals surface area contributed by atoms with Gasteiger partial charge in [0, 0.05) is 17.8 Å². The topological polar surface area (TPSA) is 26.0 Å². The molecule has 0 radical (unpaired) electrons. The van der Waals surface area contributed by atoms with Crippen LogP contribution in [0, 0.1) is 18.8 Å². The molecule has 90 valence electrons. The zero-order valence-corrected chi connectivity index (χ0v) is 11.5. The molecule has 1 aromatic rings. The molecule has 16 heavy (non-hydrogen) atoms. The Labute approximate surface area is 106 Å². The van der Waals surface area contributed by atoms with Crippen LogP contribution in [-0.4, -0.2) is 10.5 Å². The first-order valence-corrected chi connectivity index (χ1v) is 7.38. The Kier molecular flexibility index (Phi) is 4.45. The van der Waals surface area contributed by atoms with Crippen molar-refractivity contribution >= 4 is 15.9 Å². The van der Waals surface area contributed by atoms with E-state index in [1.54, 1.807) is 0 Å². The van der Waals surface area contributed by atoms with Crippen LogP contribution < -0.4 is 0 Å². The van der Waals surface area contributed by atoms with E-state index in [4.69, 9.17) is 4.52 Å². The quantitative estimate of drug-likeness (QED) is 0.778. The molecule has 0 atom stereocenters. The Balaban J connectivity index is 1.71. The summed E-state index contributed by atoms with van der Waals surface area (Å²) in [5.74, 6) is 2.88. The summed E-state index contributed by atoms with van der Waals surface area (Å²) in [6, 6.07) is 2.06. The fourth-order valence-corrected chi connectivity index (χ4v) is 3.20. The molecule has 1 heterocycles. The minimum absolute atomic E-state index is 0.903. The van der Waals surface area contributed by atoms with Gasteiger partial charge in [0.15, 0.2) is 0 Å². The van der Waals surface area contributed by atoms with Crippen LogP contribution >= 0.6 is 15.9 Å². The predicted molar refractivity (Wildman–Crippen MR) is 68.8 cm³/mol. The van der Waals surface area contributed by atoms with Gasteiger partial charge in [-0.05, 0) is 38.0 Å². The lowest BCUT2D eigenvalue weighted by atomic mass is 9.81. The number of halogens is 1. The number of hydrogen-bond donors (Lipinski definition) is 0. The van der Waals surface area contributed by atoms with Crippen LogP contribution in [0.2, 0.25) is 0 Å². The molecule has 1 saturated carbocycles. The van der Waals surface area contributed by atoms with E-state index in [0.717, 1.165) is 29.7 Å². The van der Waals surface area contributed by atoms with Crippen molar-refractivity contribution in [3.63, 3.8) is 0 Å². The molecule has 0 amide bonds. The van der Waals surface area contributed by atoms with Crippen molar-refractivity contribution in [2.45, 2.75) is 45.4 Å². The summed E-state index contributed by atoms with van der Waals surface area (Å²) >= 11 is 3.59. The fraction of sp³-hybridized carbons (Fsp3) is 0.769. The average Bonchev–Trinajstić information content (AvgIpc) is 2.73. The van der Waals surface area contributed by atoms with Crippen LogP contribution in [-0.2, 0) is 6.42 Å². The Morgan fingerprint density at radius 1 is 1.31 bits per heavy atom. The van der Waals surface area contributed by atoms with Crippen LogP contribution in [0.1, 0.15) is 43.6 Å². The fourth-order valence-electron chi connectivity index (χ4n) is 2.55. The lowest BCUT2D eigenvalue weighted by Gasteiger charge is -2.26. The van der Waals surface area contributed by atoms with Crippen molar-refractivity contribution in [1.29, 1.82) is 0 Å². The molecule has 0 saturated heterocycles. The number of hydrogen-bond acceptors (Lipinski definition) is 2. The molecule has 0 aromatic carbocycles. The molecule has 0 spiro atoms. The molecular weight excluding hydrogens is 266 g/mol. The van der Waals surface area contributed by atoms with Gasteiger partial charge < -0.3 is 4.52 Å². The molecule has 3 heteroatoms. The van der Waals surface area contributed by atoms with Gasteiger partial charge in [-0.1, -0.05) is 33.9 Å². The van der Waals surface area contributed by atoms with Crippen molar-refractivity contribution in [2.24, 2.45) is 11.8 Å². The molecule has 2 nitrogen and oxygen atoms in total. The lowest BCUT2D eigenvalue weighted by Crippen LogP contribution is -2.15. The van der Waals surface area contributed by atoms with Gasteiger partial charge in [-0.3, -0.25) is 0 Å². The average molecular weight is 286 g/mol. The summed E-state index contributed by atoms with van der Waals surface area (Å²) in [5, 5.41) is 5.11. The molecular formula is C13H20BrNO. The highest BCUT2D eigenvalue weighted by Gasteiger charge is 2.20. The summed E-state index contributed by atoms with van der Waals surface area (Å²) in [5.41, 5.74) is 0.998. The van der Waals surface area contributed by atoms with E-state index in [1.807, 2.05) is 6.92 Å². The largest absolute Gasteiger partial charge is 0.361 e. The van der Waals surface area contributed by atoms with Gasteiger partial charge >= 0.3 is 0 Å². The van der Waals surface area contributed by atoms with Crippen molar-refractivity contribution < 1.29 is 4.52 Å². The normalized spacial score (nSPS) is 25.9. The SMILES string of the molecule is Cc1cc(CCC2CCC(CBr)CC2)on1. The monoisotopic (exact) mass is 285 g/mol. The van der Waals surface area contributed by atoms with Gasteiger partial charge in [-0.2, -0.15) is 0 Å². The maximum Gasteiger partial charge on any atom is 0.137 e. The Hall–Kier alpha value is -0.310. The first-order chi connectivity index (χ1) is 7.78. The molecule has 1 aliphatic carbocycles. The van der Waals surface area contributed by atoms with E-state index in [0.29, 0.717) is 0 Å². The van der Waals surface area contributed by atoms with E-state index >= 15 is 0 Å². The van der Waals surface area contributed by atoms with Crippen LogP contribution in [0.5, 0.6) is 0 Å². The Morgan fingerprint density at radius 3 is 2.56 bits per heavy atom. The standard InChI is InChI=1S/C13H20BrNO/c1-10-8-13(16-15-10)7-6-11-2-4-12(9-14)5-3-11/h8,11-12H,2-7,9H2,1H3. The van der Waals surface area contributed by atoms with Gasteiger partial charge in [-0.25, -0.2) is 0 Å². The van der Waals surface area contributed by atoms with Crippen molar-refractivity contribution in [3.8, 4) is 0 Å². The highest BCUT2D eigenvalue weighted by molar-refractivity contribution is 9.09. The minimum Gasteiger partial charge on any atom is -0.361 e. The zero-order chi connectivity index (χ0) is 11.4. The lowest BCUT2D eigenvalue weighted by molar-refractivity contribution is 0.273. The van der Waals surface area contributed by atoms with Gasteiger partial charge in [0.1, 0.15) is 5.76 Å². The first-order valence-electron chi connectivity index (χ1n) is 6.26. The Bertz CT molecular complexity index is 315. The van der Waals surface area contributed by atoms with Crippen LogP contribution in [0.15, 0.2) is 10.6 Å². The second-order valence-corrected chi connectivity index (χ2v) is 5.66. The number of aromatic nitrogens is 1. The first kappa shape index (κ1) is 12.2. The third-order valence-electron chi connectivity index (χ3n) is 3.66. The number of alkyl halides is 1. The molecule has 1 aromatic heterocycles. The van der Waals surface area contributed by atoms with Gasteiger partial charge in [0.2, 0.25) is 0 Å². The van der Waals surface area contributed by atoms with Crippen molar-refractivity contribution in [2.75, 3.05) is 5.33 Å². The maximum atomic E-state index is 5.24. The molecule has 1 aliphatic rings. The van der Waals surface area contributed by atoms with Gasteiger partial charge in [0.05, 0.1) is 5.69 Å². The summed E-state index contributed by atoms with van der Waals surface area (Å²) in [7, 11) is 0. The third-order valence-corrected chi connectivity index (χ3v) is 4.58. The molecule has 0 unspecified atom stereocenters. The van der Waals surface area contributed by atoms with Crippen LogP contribution in [0.3, 0.4) is 0 Å². The summed E-state index contributed by atoms with van der Waals surface area (Å²) in [4.78, 5) is 0. The van der Waals surface area contributed by atoms with Gasteiger partial charge in [0.25, 0.3) is 0 Å². The predicted octanol–water partition coefficient (Wildman–Crippen LogP) is 4.12. The van der Waals surface area contributed by atoms with E-state index in [9.17, 15) is 0 Å². The van der Waals surface area contributed by atoms with E-state index in [1.165, 1.54) is 37.4 Å². The molecule has 0 bridgehead atoms.